The minimum Gasteiger partial charge on any atom is -0.494 e. The van der Waals surface area contributed by atoms with E-state index in [0.29, 0.717) is 13.2 Å². The number of anilines is 2. The van der Waals surface area contributed by atoms with Gasteiger partial charge in [0.25, 0.3) is 0 Å². The molecule has 0 bridgehead atoms. The highest BCUT2D eigenvalue weighted by Gasteiger charge is 2.17. The van der Waals surface area contributed by atoms with Crippen LogP contribution in [0.4, 0.5) is 11.4 Å². The molecule has 0 aliphatic carbocycles. The van der Waals surface area contributed by atoms with Crippen LogP contribution in [0.2, 0.25) is 0 Å². The van der Waals surface area contributed by atoms with Crippen LogP contribution in [0, 0.1) is 0 Å². The Bertz CT molecular complexity index is 572. The summed E-state index contributed by atoms with van der Waals surface area (Å²) in [6.45, 7) is 5.19. The molecule has 20 heavy (non-hydrogen) atoms. The lowest BCUT2D eigenvalue weighted by Gasteiger charge is -2.22. The lowest BCUT2D eigenvalue weighted by atomic mass is 10.2. The van der Waals surface area contributed by atoms with Crippen molar-refractivity contribution in [3.8, 4) is 23.0 Å². The minimum atomic E-state index is 0.636. The van der Waals surface area contributed by atoms with Crippen LogP contribution in [0.1, 0.15) is 13.8 Å². The first-order valence-electron chi connectivity index (χ1n) is 6.78. The smallest absolute Gasteiger partial charge is 0.154 e. The average Bonchev–Trinajstić information content (AvgIpc) is 2.46. The predicted octanol–water partition coefficient (Wildman–Crippen LogP) is 4.33. The van der Waals surface area contributed by atoms with E-state index in [1.165, 1.54) is 0 Å². The lowest BCUT2D eigenvalue weighted by Crippen LogP contribution is -2.04. The Morgan fingerprint density at radius 3 is 1.80 bits per heavy atom. The molecule has 0 aromatic heterocycles. The van der Waals surface area contributed by atoms with E-state index in [0.717, 1.165) is 34.4 Å². The Morgan fingerprint density at radius 1 is 0.850 bits per heavy atom. The highest BCUT2D eigenvalue weighted by atomic mass is 16.5. The third-order valence-electron chi connectivity index (χ3n) is 3.02. The monoisotopic (exact) mass is 271 g/mol. The molecule has 104 valence electrons. The fourth-order valence-corrected chi connectivity index (χ4v) is 2.16. The van der Waals surface area contributed by atoms with Crippen molar-refractivity contribution in [2.75, 3.05) is 18.5 Å². The standard InChI is InChI=1S/C16H17NO3/c1-3-18-11-5-7-13-15(9-11)20-16-10-12(19-4-2)6-8-14(16)17-13/h5-10,17H,3-4H2,1-2H3. The van der Waals surface area contributed by atoms with Gasteiger partial charge in [0.05, 0.1) is 24.6 Å². The molecular formula is C16H17NO3. The quantitative estimate of drug-likeness (QED) is 0.766. The fourth-order valence-electron chi connectivity index (χ4n) is 2.16. The first-order chi connectivity index (χ1) is 9.80. The third kappa shape index (κ3) is 2.37. The molecule has 0 atom stereocenters. The Morgan fingerprint density at radius 2 is 1.35 bits per heavy atom. The van der Waals surface area contributed by atoms with Gasteiger partial charge in [0.1, 0.15) is 11.5 Å². The Hall–Kier alpha value is -2.36. The zero-order chi connectivity index (χ0) is 13.9. The number of ether oxygens (including phenoxy) is 3. The van der Waals surface area contributed by atoms with Crippen molar-refractivity contribution in [2.45, 2.75) is 13.8 Å². The molecule has 1 heterocycles. The first kappa shape index (κ1) is 12.7. The van der Waals surface area contributed by atoms with E-state index in [1.807, 2.05) is 50.2 Å². The van der Waals surface area contributed by atoms with Gasteiger partial charge in [0.2, 0.25) is 0 Å². The topological polar surface area (TPSA) is 39.7 Å². The second-order valence-corrected chi connectivity index (χ2v) is 4.41. The van der Waals surface area contributed by atoms with Crippen LogP contribution in [-0.4, -0.2) is 13.2 Å². The number of hydrogen-bond acceptors (Lipinski definition) is 4. The van der Waals surface area contributed by atoms with Gasteiger partial charge < -0.3 is 19.5 Å². The first-order valence-corrected chi connectivity index (χ1v) is 6.78. The number of nitrogens with one attached hydrogen (secondary N) is 1. The molecule has 2 aromatic carbocycles. The highest BCUT2D eigenvalue weighted by molar-refractivity contribution is 5.76. The molecule has 0 fully saturated rings. The van der Waals surface area contributed by atoms with E-state index >= 15 is 0 Å². The van der Waals surface area contributed by atoms with E-state index in [4.69, 9.17) is 14.2 Å². The maximum atomic E-state index is 5.93. The van der Waals surface area contributed by atoms with E-state index in [9.17, 15) is 0 Å². The van der Waals surface area contributed by atoms with Gasteiger partial charge in [0.15, 0.2) is 11.5 Å². The zero-order valence-corrected chi connectivity index (χ0v) is 11.6. The summed E-state index contributed by atoms with van der Waals surface area (Å²) in [7, 11) is 0. The molecule has 0 saturated heterocycles. The van der Waals surface area contributed by atoms with Gasteiger partial charge in [-0.2, -0.15) is 0 Å². The maximum absolute atomic E-state index is 5.93. The van der Waals surface area contributed by atoms with Gasteiger partial charge >= 0.3 is 0 Å². The fraction of sp³-hybridized carbons (Fsp3) is 0.250. The van der Waals surface area contributed by atoms with Gasteiger partial charge in [-0.25, -0.2) is 0 Å². The molecule has 0 spiro atoms. The van der Waals surface area contributed by atoms with E-state index in [-0.39, 0.29) is 0 Å². The minimum absolute atomic E-state index is 0.636. The van der Waals surface area contributed by atoms with Crippen molar-refractivity contribution in [2.24, 2.45) is 0 Å². The molecule has 0 radical (unpaired) electrons. The highest BCUT2D eigenvalue weighted by Crippen LogP contribution is 2.44. The van der Waals surface area contributed by atoms with Crippen molar-refractivity contribution in [1.29, 1.82) is 0 Å². The Labute approximate surface area is 118 Å². The summed E-state index contributed by atoms with van der Waals surface area (Å²) in [4.78, 5) is 0. The van der Waals surface area contributed by atoms with Crippen LogP contribution in [0.5, 0.6) is 23.0 Å². The average molecular weight is 271 g/mol. The van der Waals surface area contributed by atoms with Crippen LogP contribution < -0.4 is 19.5 Å². The summed E-state index contributed by atoms with van der Waals surface area (Å²) in [6, 6.07) is 11.6. The van der Waals surface area contributed by atoms with E-state index in [2.05, 4.69) is 5.32 Å². The summed E-state index contributed by atoms with van der Waals surface area (Å²) < 4.78 is 16.9. The number of benzene rings is 2. The molecule has 4 heteroatoms. The molecule has 1 aliphatic heterocycles. The number of rotatable bonds is 4. The molecule has 0 saturated carbocycles. The maximum Gasteiger partial charge on any atom is 0.154 e. The van der Waals surface area contributed by atoms with Crippen LogP contribution in [0.3, 0.4) is 0 Å². The molecule has 1 aliphatic rings. The summed E-state index contributed by atoms with van der Waals surface area (Å²) in [6.07, 6.45) is 0. The van der Waals surface area contributed by atoms with Crippen molar-refractivity contribution in [3.63, 3.8) is 0 Å². The second kappa shape index (κ2) is 5.33. The van der Waals surface area contributed by atoms with Crippen LogP contribution in [0.15, 0.2) is 36.4 Å². The summed E-state index contributed by atoms with van der Waals surface area (Å²) in [5.74, 6) is 3.13. The zero-order valence-electron chi connectivity index (χ0n) is 11.6. The number of fused-ring (bicyclic) bond motifs is 2. The van der Waals surface area contributed by atoms with Gasteiger partial charge in [-0.3, -0.25) is 0 Å². The van der Waals surface area contributed by atoms with Gasteiger partial charge in [0, 0.05) is 12.1 Å². The Balaban J connectivity index is 1.90. The van der Waals surface area contributed by atoms with Crippen LogP contribution in [0.25, 0.3) is 0 Å². The van der Waals surface area contributed by atoms with Crippen LogP contribution >= 0.6 is 0 Å². The SMILES string of the molecule is CCOc1ccc2c(c1)Oc1cc(OCC)ccc1N2. The van der Waals surface area contributed by atoms with Crippen molar-refractivity contribution in [1.82, 2.24) is 0 Å². The van der Waals surface area contributed by atoms with Crippen molar-refractivity contribution >= 4 is 11.4 Å². The van der Waals surface area contributed by atoms with Crippen LogP contribution in [-0.2, 0) is 0 Å². The molecule has 0 amide bonds. The largest absolute Gasteiger partial charge is 0.494 e. The Kier molecular flexibility index (Phi) is 3.37. The summed E-state index contributed by atoms with van der Waals surface area (Å²) >= 11 is 0. The molecule has 1 N–H and O–H groups in total. The van der Waals surface area contributed by atoms with Gasteiger partial charge in [-0.05, 0) is 38.1 Å². The third-order valence-corrected chi connectivity index (χ3v) is 3.02. The molecule has 3 rings (SSSR count). The van der Waals surface area contributed by atoms with Gasteiger partial charge in [-0.15, -0.1) is 0 Å². The summed E-state index contributed by atoms with van der Waals surface area (Å²) in [5.41, 5.74) is 1.87. The summed E-state index contributed by atoms with van der Waals surface area (Å²) in [5, 5.41) is 3.34. The molecule has 0 unspecified atom stereocenters. The van der Waals surface area contributed by atoms with Crippen molar-refractivity contribution < 1.29 is 14.2 Å². The van der Waals surface area contributed by atoms with E-state index in [1.54, 1.807) is 0 Å². The number of hydrogen-bond donors (Lipinski definition) is 1. The van der Waals surface area contributed by atoms with Gasteiger partial charge in [-0.1, -0.05) is 0 Å². The van der Waals surface area contributed by atoms with Crippen molar-refractivity contribution in [3.05, 3.63) is 36.4 Å². The normalized spacial score (nSPS) is 11.7. The lowest BCUT2D eigenvalue weighted by molar-refractivity contribution is 0.336. The second-order valence-electron chi connectivity index (χ2n) is 4.41. The molecular weight excluding hydrogens is 254 g/mol. The van der Waals surface area contributed by atoms with E-state index < -0.39 is 0 Å². The molecule has 4 nitrogen and oxygen atoms in total. The molecule has 2 aromatic rings. The predicted molar refractivity (Wildman–Crippen MR) is 78.6 cm³/mol.